The highest BCUT2D eigenvalue weighted by atomic mass is 32.1. The van der Waals surface area contributed by atoms with Gasteiger partial charge < -0.3 is 15.0 Å². The van der Waals surface area contributed by atoms with Crippen molar-refractivity contribution in [2.24, 2.45) is 0 Å². The number of nitro groups is 1. The molecule has 2 aromatic rings. The number of carbonyl (C=O) groups is 1. The van der Waals surface area contributed by atoms with Gasteiger partial charge in [-0.25, -0.2) is 0 Å². The van der Waals surface area contributed by atoms with Crippen LogP contribution in [0.15, 0.2) is 36.4 Å². The zero-order chi connectivity index (χ0) is 21.6. The summed E-state index contributed by atoms with van der Waals surface area (Å²) in [6.07, 6.45) is 0. The number of anilines is 2. The largest absolute Gasteiger partial charge is 0.490 e. The lowest BCUT2D eigenvalue weighted by Crippen LogP contribution is -2.34. The molecule has 0 bridgehead atoms. The van der Waals surface area contributed by atoms with E-state index in [9.17, 15) is 14.9 Å². The van der Waals surface area contributed by atoms with Crippen LogP contribution in [-0.4, -0.2) is 36.1 Å². The molecule has 0 aliphatic heterocycles. The molecule has 0 aliphatic rings. The number of methoxy groups -OCH3 is 1. The molecule has 2 rings (SSSR count). The lowest BCUT2D eigenvalue weighted by Gasteiger charge is -2.22. The Bertz CT molecular complexity index is 929. The van der Waals surface area contributed by atoms with Crippen molar-refractivity contribution in [3.8, 4) is 5.75 Å². The fraction of sp³-hybridized carbons (Fsp3) is 0.300. The molecule has 0 radical (unpaired) electrons. The van der Waals surface area contributed by atoms with Gasteiger partial charge in [-0.1, -0.05) is 0 Å². The predicted octanol–water partition coefficient (Wildman–Crippen LogP) is 3.88. The van der Waals surface area contributed by atoms with Crippen LogP contribution in [0.2, 0.25) is 0 Å². The van der Waals surface area contributed by atoms with E-state index in [-0.39, 0.29) is 22.1 Å². The summed E-state index contributed by atoms with van der Waals surface area (Å²) in [4.78, 5) is 25.2. The van der Waals surface area contributed by atoms with Crippen LogP contribution in [0, 0.1) is 17.0 Å². The normalized spacial score (nSPS) is 10.2. The Morgan fingerprint density at radius 1 is 1.21 bits per heavy atom. The zero-order valence-electron chi connectivity index (χ0n) is 16.8. The minimum Gasteiger partial charge on any atom is -0.490 e. The van der Waals surface area contributed by atoms with Gasteiger partial charge in [-0.3, -0.25) is 20.2 Å². The molecule has 0 aromatic heterocycles. The summed E-state index contributed by atoms with van der Waals surface area (Å²) in [6, 6.07) is 9.90. The van der Waals surface area contributed by atoms with E-state index < -0.39 is 10.8 Å². The summed E-state index contributed by atoms with van der Waals surface area (Å²) in [6.45, 7) is 7.96. The maximum Gasteiger partial charge on any atom is 0.311 e. The summed E-state index contributed by atoms with van der Waals surface area (Å²) < 4.78 is 4.94. The molecule has 0 heterocycles. The van der Waals surface area contributed by atoms with Gasteiger partial charge in [0.15, 0.2) is 10.9 Å². The number of thiocarbonyl (C=S) groups is 1. The number of nitro benzene ring substituents is 1. The van der Waals surface area contributed by atoms with Gasteiger partial charge in [-0.2, -0.15) is 0 Å². The van der Waals surface area contributed by atoms with Gasteiger partial charge in [0.1, 0.15) is 0 Å². The Morgan fingerprint density at radius 3 is 2.45 bits per heavy atom. The first-order valence-corrected chi connectivity index (χ1v) is 9.51. The van der Waals surface area contributed by atoms with Crippen molar-refractivity contribution in [3.05, 3.63) is 57.6 Å². The van der Waals surface area contributed by atoms with E-state index in [1.165, 1.54) is 19.2 Å². The van der Waals surface area contributed by atoms with Crippen LogP contribution in [0.5, 0.6) is 5.75 Å². The number of hydrogen-bond acceptors (Lipinski definition) is 6. The second-order valence-electron chi connectivity index (χ2n) is 6.22. The molecule has 0 saturated heterocycles. The van der Waals surface area contributed by atoms with Crippen molar-refractivity contribution in [1.29, 1.82) is 0 Å². The maximum absolute atomic E-state index is 12.4. The second-order valence-corrected chi connectivity index (χ2v) is 6.63. The number of aryl methyl sites for hydroxylation is 1. The molecule has 0 spiro atoms. The van der Waals surface area contributed by atoms with Gasteiger partial charge in [0.05, 0.1) is 12.0 Å². The van der Waals surface area contributed by atoms with Crippen molar-refractivity contribution in [2.75, 3.05) is 30.4 Å². The number of rotatable bonds is 7. The summed E-state index contributed by atoms with van der Waals surface area (Å²) >= 11 is 5.22. The molecule has 8 nitrogen and oxygen atoms in total. The van der Waals surface area contributed by atoms with E-state index in [1.54, 1.807) is 0 Å². The Hall–Kier alpha value is -3.20. The molecule has 29 heavy (non-hydrogen) atoms. The van der Waals surface area contributed by atoms with Crippen molar-refractivity contribution < 1.29 is 14.5 Å². The SMILES string of the molecule is CCN(CC)c1ccc(NC(=S)NC(=O)c2ccc(OC)c([N+](=O)[O-])c2)c(C)c1. The van der Waals surface area contributed by atoms with E-state index in [1.807, 2.05) is 25.1 Å². The van der Waals surface area contributed by atoms with Gasteiger partial charge >= 0.3 is 5.69 Å². The fourth-order valence-electron chi connectivity index (χ4n) is 2.88. The zero-order valence-corrected chi connectivity index (χ0v) is 17.6. The van der Waals surface area contributed by atoms with Gasteiger partial charge in [0.25, 0.3) is 5.91 Å². The molecule has 1 amide bonds. The van der Waals surface area contributed by atoms with Crippen LogP contribution in [0.4, 0.5) is 17.1 Å². The molecule has 2 N–H and O–H groups in total. The predicted molar refractivity (Wildman–Crippen MR) is 118 cm³/mol. The molecule has 0 saturated carbocycles. The lowest BCUT2D eigenvalue weighted by atomic mass is 10.1. The van der Waals surface area contributed by atoms with Gasteiger partial charge in [0.2, 0.25) is 0 Å². The molecule has 0 unspecified atom stereocenters. The van der Waals surface area contributed by atoms with Crippen LogP contribution >= 0.6 is 12.2 Å². The first-order chi connectivity index (χ1) is 13.8. The smallest absolute Gasteiger partial charge is 0.311 e. The number of amides is 1. The first-order valence-electron chi connectivity index (χ1n) is 9.11. The van der Waals surface area contributed by atoms with E-state index in [0.717, 1.165) is 36.1 Å². The van der Waals surface area contributed by atoms with Crippen molar-refractivity contribution in [2.45, 2.75) is 20.8 Å². The third-order valence-corrected chi connectivity index (χ3v) is 4.66. The first kappa shape index (κ1) is 22.1. The van der Waals surface area contributed by atoms with Crippen LogP contribution in [-0.2, 0) is 0 Å². The molecule has 0 fully saturated rings. The topological polar surface area (TPSA) is 96.7 Å². The standard InChI is InChI=1S/C20H24N4O4S/c1-5-23(6-2)15-8-9-16(13(3)11-15)21-20(29)22-19(25)14-7-10-18(28-4)17(12-14)24(26)27/h7-12H,5-6H2,1-4H3,(H2,21,22,25,29). The van der Waals surface area contributed by atoms with Crippen molar-refractivity contribution >= 4 is 40.3 Å². The quantitative estimate of drug-likeness (QED) is 0.402. The number of carbonyl (C=O) groups excluding carboxylic acids is 1. The second kappa shape index (κ2) is 9.83. The summed E-state index contributed by atoms with van der Waals surface area (Å²) in [5.41, 5.74) is 2.67. The van der Waals surface area contributed by atoms with Crippen molar-refractivity contribution in [3.63, 3.8) is 0 Å². The lowest BCUT2D eigenvalue weighted by molar-refractivity contribution is -0.385. The van der Waals surface area contributed by atoms with E-state index >= 15 is 0 Å². The highest BCUT2D eigenvalue weighted by molar-refractivity contribution is 7.80. The minimum atomic E-state index is -0.604. The molecule has 154 valence electrons. The van der Waals surface area contributed by atoms with Crippen LogP contribution in [0.3, 0.4) is 0 Å². The van der Waals surface area contributed by atoms with Gasteiger partial charge in [-0.15, -0.1) is 0 Å². The molecule has 0 aliphatic carbocycles. The third kappa shape index (κ3) is 5.41. The van der Waals surface area contributed by atoms with E-state index in [2.05, 4.69) is 29.4 Å². The highest BCUT2D eigenvalue weighted by Gasteiger charge is 2.19. The highest BCUT2D eigenvalue weighted by Crippen LogP contribution is 2.27. The minimum absolute atomic E-state index is 0.0798. The molecule has 0 atom stereocenters. The number of benzene rings is 2. The third-order valence-electron chi connectivity index (χ3n) is 4.45. The van der Waals surface area contributed by atoms with Crippen LogP contribution < -0.4 is 20.3 Å². The van der Waals surface area contributed by atoms with Gasteiger partial charge in [0, 0.05) is 36.1 Å². The van der Waals surface area contributed by atoms with Crippen LogP contribution in [0.1, 0.15) is 29.8 Å². The average Bonchev–Trinajstić information content (AvgIpc) is 2.70. The summed E-state index contributed by atoms with van der Waals surface area (Å²) in [5.74, 6) is -0.471. The van der Waals surface area contributed by atoms with E-state index in [4.69, 9.17) is 17.0 Å². The Balaban J connectivity index is 2.10. The molecular weight excluding hydrogens is 392 g/mol. The number of nitrogens with one attached hydrogen (secondary N) is 2. The average molecular weight is 417 g/mol. The molecule has 9 heteroatoms. The Morgan fingerprint density at radius 2 is 1.90 bits per heavy atom. The Labute approximate surface area is 175 Å². The number of ether oxygens (including phenoxy) is 1. The maximum atomic E-state index is 12.4. The molecule has 2 aromatic carbocycles. The monoisotopic (exact) mass is 416 g/mol. The summed E-state index contributed by atoms with van der Waals surface area (Å²) in [7, 11) is 1.33. The summed E-state index contributed by atoms with van der Waals surface area (Å²) in [5, 5.41) is 16.8. The van der Waals surface area contributed by atoms with Crippen molar-refractivity contribution in [1.82, 2.24) is 5.32 Å². The van der Waals surface area contributed by atoms with Crippen LogP contribution in [0.25, 0.3) is 0 Å². The number of nitrogens with zero attached hydrogens (tertiary/aromatic N) is 2. The Kier molecular flexibility index (Phi) is 7.49. The molecular formula is C20H24N4O4S. The van der Waals surface area contributed by atoms with Gasteiger partial charge in [-0.05, 0) is 68.9 Å². The fourth-order valence-corrected chi connectivity index (χ4v) is 3.08. The van der Waals surface area contributed by atoms with E-state index in [0.29, 0.717) is 0 Å². The number of hydrogen-bond donors (Lipinski definition) is 2.